The minimum Gasteiger partial charge on any atom is -0.103 e. The SMILES string of the molecule is C=CC(C)(C)C(C)C. The van der Waals surface area contributed by atoms with Gasteiger partial charge < -0.3 is 0 Å². The summed E-state index contributed by atoms with van der Waals surface area (Å²) in [6, 6.07) is 0. The molecule has 0 radical (unpaired) electrons. The summed E-state index contributed by atoms with van der Waals surface area (Å²) in [4.78, 5) is 0. The fourth-order valence-corrected chi connectivity index (χ4v) is 0.236. The van der Waals surface area contributed by atoms with Gasteiger partial charge in [0.15, 0.2) is 0 Å². The lowest BCUT2D eigenvalue weighted by Crippen LogP contribution is -2.14. The van der Waals surface area contributed by atoms with Crippen LogP contribution >= 0.6 is 0 Å². The molecule has 0 fully saturated rings. The highest BCUT2D eigenvalue weighted by Gasteiger charge is 2.16. The number of hydrogen-bond acceptors (Lipinski definition) is 0. The standard InChI is InChI=1S/C8H16/c1-6-8(4,5)7(2)3/h6-7H,1H2,2-5H3. The molecule has 0 heterocycles. The lowest BCUT2D eigenvalue weighted by atomic mass is 9.82. The molecule has 0 rings (SSSR count). The van der Waals surface area contributed by atoms with Gasteiger partial charge >= 0.3 is 0 Å². The molecule has 0 aliphatic rings. The van der Waals surface area contributed by atoms with Gasteiger partial charge in [-0.25, -0.2) is 0 Å². The molecule has 0 aliphatic carbocycles. The number of allylic oxidation sites excluding steroid dienone is 1. The Kier molecular flexibility index (Phi) is 2.26. The van der Waals surface area contributed by atoms with Crippen molar-refractivity contribution in [2.45, 2.75) is 27.7 Å². The van der Waals surface area contributed by atoms with Gasteiger partial charge in [0.25, 0.3) is 0 Å². The van der Waals surface area contributed by atoms with Gasteiger partial charge in [-0.15, -0.1) is 6.58 Å². The van der Waals surface area contributed by atoms with E-state index in [0.29, 0.717) is 11.3 Å². The van der Waals surface area contributed by atoms with E-state index in [1.807, 2.05) is 6.08 Å². The Morgan fingerprint density at radius 3 is 1.75 bits per heavy atom. The molecule has 0 atom stereocenters. The van der Waals surface area contributed by atoms with Gasteiger partial charge in [0.05, 0.1) is 0 Å². The van der Waals surface area contributed by atoms with E-state index >= 15 is 0 Å². The van der Waals surface area contributed by atoms with Gasteiger partial charge in [-0.3, -0.25) is 0 Å². The van der Waals surface area contributed by atoms with Crippen LogP contribution in [0.1, 0.15) is 27.7 Å². The first-order chi connectivity index (χ1) is 3.50. The maximum Gasteiger partial charge on any atom is -0.0155 e. The molecular weight excluding hydrogens is 96.1 g/mol. The van der Waals surface area contributed by atoms with Crippen LogP contribution in [-0.4, -0.2) is 0 Å². The summed E-state index contributed by atoms with van der Waals surface area (Å²) in [6.45, 7) is 12.6. The maximum atomic E-state index is 3.75. The fourth-order valence-electron chi connectivity index (χ4n) is 0.236. The Morgan fingerprint density at radius 1 is 1.38 bits per heavy atom. The molecule has 0 aromatic rings. The second-order valence-electron chi connectivity index (χ2n) is 3.18. The molecule has 0 aliphatic heterocycles. The maximum absolute atomic E-state index is 3.75. The minimum atomic E-state index is 0.306. The third kappa shape index (κ3) is 1.69. The van der Waals surface area contributed by atoms with E-state index in [2.05, 4.69) is 34.3 Å². The normalized spacial score (nSPS) is 12.1. The predicted molar refractivity (Wildman–Crippen MR) is 38.8 cm³/mol. The monoisotopic (exact) mass is 112 g/mol. The summed E-state index contributed by atoms with van der Waals surface area (Å²) in [7, 11) is 0. The van der Waals surface area contributed by atoms with Crippen molar-refractivity contribution in [3.05, 3.63) is 12.7 Å². The molecule has 0 spiro atoms. The smallest absolute Gasteiger partial charge is 0.0155 e. The Balaban J connectivity index is 3.90. The van der Waals surface area contributed by atoms with E-state index in [9.17, 15) is 0 Å². The summed E-state index contributed by atoms with van der Waals surface area (Å²) in [5.74, 6) is 0.694. The van der Waals surface area contributed by atoms with Crippen molar-refractivity contribution in [3.8, 4) is 0 Å². The first-order valence-electron chi connectivity index (χ1n) is 3.14. The van der Waals surface area contributed by atoms with Crippen LogP contribution in [0.4, 0.5) is 0 Å². The van der Waals surface area contributed by atoms with Crippen molar-refractivity contribution in [2.75, 3.05) is 0 Å². The molecule has 0 unspecified atom stereocenters. The zero-order valence-corrected chi connectivity index (χ0v) is 6.36. The lowest BCUT2D eigenvalue weighted by Gasteiger charge is -2.24. The van der Waals surface area contributed by atoms with E-state index in [1.54, 1.807) is 0 Å². The van der Waals surface area contributed by atoms with E-state index in [4.69, 9.17) is 0 Å². The average molecular weight is 112 g/mol. The third-order valence-electron chi connectivity index (χ3n) is 2.01. The predicted octanol–water partition coefficient (Wildman–Crippen LogP) is 2.85. The van der Waals surface area contributed by atoms with Crippen molar-refractivity contribution in [2.24, 2.45) is 11.3 Å². The summed E-state index contributed by atoms with van der Waals surface area (Å²) in [6.07, 6.45) is 2.01. The van der Waals surface area contributed by atoms with Crippen LogP contribution in [0.15, 0.2) is 12.7 Å². The Hall–Kier alpha value is -0.260. The molecule has 0 aromatic heterocycles. The molecular formula is C8H16. The molecule has 0 bridgehead atoms. The first kappa shape index (κ1) is 7.74. The van der Waals surface area contributed by atoms with Crippen molar-refractivity contribution in [1.29, 1.82) is 0 Å². The second kappa shape index (κ2) is 2.34. The van der Waals surface area contributed by atoms with Gasteiger partial charge in [0.2, 0.25) is 0 Å². The summed E-state index contributed by atoms with van der Waals surface area (Å²) < 4.78 is 0. The minimum absolute atomic E-state index is 0.306. The summed E-state index contributed by atoms with van der Waals surface area (Å²) in [5, 5.41) is 0. The Bertz CT molecular complexity index is 78.0. The van der Waals surface area contributed by atoms with Crippen LogP contribution in [0.3, 0.4) is 0 Å². The van der Waals surface area contributed by atoms with E-state index in [1.165, 1.54) is 0 Å². The quantitative estimate of drug-likeness (QED) is 0.482. The van der Waals surface area contributed by atoms with Crippen molar-refractivity contribution in [3.63, 3.8) is 0 Å². The third-order valence-corrected chi connectivity index (χ3v) is 2.01. The highest BCUT2D eigenvalue weighted by Crippen LogP contribution is 2.26. The van der Waals surface area contributed by atoms with Gasteiger partial charge in [-0.1, -0.05) is 33.8 Å². The van der Waals surface area contributed by atoms with Crippen LogP contribution in [-0.2, 0) is 0 Å². The topological polar surface area (TPSA) is 0 Å². The molecule has 0 saturated carbocycles. The summed E-state index contributed by atoms with van der Waals surface area (Å²) in [5.41, 5.74) is 0.306. The molecule has 8 heavy (non-hydrogen) atoms. The molecule has 48 valence electrons. The van der Waals surface area contributed by atoms with Crippen LogP contribution in [0.25, 0.3) is 0 Å². The van der Waals surface area contributed by atoms with Gasteiger partial charge in [0, 0.05) is 0 Å². The lowest BCUT2D eigenvalue weighted by molar-refractivity contribution is 0.334. The van der Waals surface area contributed by atoms with Crippen LogP contribution in [0.5, 0.6) is 0 Å². The summed E-state index contributed by atoms with van der Waals surface area (Å²) >= 11 is 0. The second-order valence-corrected chi connectivity index (χ2v) is 3.18. The van der Waals surface area contributed by atoms with Crippen molar-refractivity contribution in [1.82, 2.24) is 0 Å². The molecule has 0 heteroatoms. The van der Waals surface area contributed by atoms with E-state index in [-0.39, 0.29) is 0 Å². The van der Waals surface area contributed by atoms with Crippen LogP contribution in [0.2, 0.25) is 0 Å². The van der Waals surface area contributed by atoms with Gasteiger partial charge in [-0.2, -0.15) is 0 Å². The largest absolute Gasteiger partial charge is 0.103 e. The molecule has 0 N–H and O–H groups in total. The Morgan fingerprint density at radius 2 is 1.75 bits per heavy atom. The number of rotatable bonds is 2. The highest BCUT2D eigenvalue weighted by atomic mass is 14.2. The zero-order valence-electron chi connectivity index (χ0n) is 6.36. The molecule has 0 aromatic carbocycles. The van der Waals surface area contributed by atoms with Crippen molar-refractivity contribution < 1.29 is 0 Å². The average Bonchev–Trinajstić information content (AvgIpc) is 1.67. The van der Waals surface area contributed by atoms with Gasteiger partial charge in [0.1, 0.15) is 0 Å². The molecule has 0 saturated heterocycles. The first-order valence-corrected chi connectivity index (χ1v) is 3.14. The van der Waals surface area contributed by atoms with Gasteiger partial charge in [-0.05, 0) is 11.3 Å². The zero-order chi connectivity index (χ0) is 6.78. The molecule has 0 nitrogen and oxygen atoms in total. The molecule has 0 amide bonds. The number of hydrogen-bond donors (Lipinski definition) is 0. The Labute approximate surface area is 52.6 Å². The van der Waals surface area contributed by atoms with Crippen LogP contribution < -0.4 is 0 Å². The van der Waals surface area contributed by atoms with E-state index in [0.717, 1.165) is 0 Å². The highest BCUT2D eigenvalue weighted by molar-refractivity contribution is 4.89. The van der Waals surface area contributed by atoms with E-state index < -0.39 is 0 Å². The van der Waals surface area contributed by atoms with Crippen molar-refractivity contribution >= 4 is 0 Å². The fraction of sp³-hybridized carbons (Fsp3) is 0.750. The van der Waals surface area contributed by atoms with Crippen LogP contribution in [0, 0.1) is 11.3 Å².